The van der Waals surface area contributed by atoms with Crippen molar-refractivity contribution < 1.29 is 4.79 Å². The van der Waals surface area contributed by atoms with Gasteiger partial charge in [0.2, 0.25) is 5.91 Å². The van der Waals surface area contributed by atoms with E-state index in [4.69, 9.17) is 5.73 Å². The molecule has 0 heterocycles. The summed E-state index contributed by atoms with van der Waals surface area (Å²) in [7, 11) is 0. The van der Waals surface area contributed by atoms with E-state index in [0.717, 1.165) is 23.3 Å². The molecule has 0 saturated heterocycles. The SMILES string of the molecule is C[C@H](N)c1ccccc1SCC(=O)NC1CC1. The Labute approximate surface area is 106 Å². The monoisotopic (exact) mass is 250 g/mol. The van der Waals surface area contributed by atoms with Crippen LogP contribution in [0, 0.1) is 0 Å². The Balaban J connectivity index is 1.90. The molecular formula is C13H18N2OS. The van der Waals surface area contributed by atoms with Crippen molar-refractivity contribution in [3.05, 3.63) is 29.8 Å². The zero-order chi connectivity index (χ0) is 12.3. The number of benzene rings is 1. The number of carbonyl (C=O) groups excluding carboxylic acids is 1. The summed E-state index contributed by atoms with van der Waals surface area (Å²) < 4.78 is 0. The van der Waals surface area contributed by atoms with Crippen LogP contribution in [0.25, 0.3) is 0 Å². The molecule has 0 aromatic heterocycles. The summed E-state index contributed by atoms with van der Waals surface area (Å²) in [5.74, 6) is 0.595. The third-order valence-corrected chi connectivity index (χ3v) is 3.80. The molecule has 1 atom stereocenters. The predicted octanol–water partition coefficient (Wildman–Crippen LogP) is 2.08. The molecule has 0 spiro atoms. The number of amides is 1. The Bertz CT molecular complexity index is 402. The number of carbonyl (C=O) groups is 1. The van der Waals surface area contributed by atoms with Gasteiger partial charge >= 0.3 is 0 Å². The Hall–Kier alpha value is -1.00. The van der Waals surface area contributed by atoms with Crippen LogP contribution in [-0.4, -0.2) is 17.7 Å². The van der Waals surface area contributed by atoms with Crippen LogP contribution in [0.5, 0.6) is 0 Å². The molecule has 4 heteroatoms. The third kappa shape index (κ3) is 3.75. The fraction of sp³-hybridized carbons (Fsp3) is 0.462. The van der Waals surface area contributed by atoms with E-state index in [1.807, 2.05) is 31.2 Å². The smallest absolute Gasteiger partial charge is 0.230 e. The van der Waals surface area contributed by atoms with Crippen LogP contribution in [0.3, 0.4) is 0 Å². The second-order valence-corrected chi connectivity index (χ2v) is 5.47. The summed E-state index contributed by atoms with van der Waals surface area (Å²) >= 11 is 1.56. The number of rotatable bonds is 5. The van der Waals surface area contributed by atoms with Gasteiger partial charge in [0, 0.05) is 17.0 Å². The van der Waals surface area contributed by atoms with Crippen molar-refractivity contribution in [1.29, 1.82) is 0 Å². The van der Waals surface area contributed by atoms with Crippen LogP contribution in [0.2, 0.25) is 0 Å². The Morgan fingerprint density at radius 2 is 2.24 bits per heavy atom. The second-order valence-electron chi connectivity index (χ2n) is 4.46. The van der Waals surface area contributed by atoms with Gasteiger partial charge in [0.05, 0.1) is 5.75 Å². The van der Waals surface area contributed by atoms with Crippen molar-refractivity contribution in [1.82, 2.24) is 5.32 Å². The number of nitrogens with one attached hydrogen (secondary N) is 1. The molecule has 1 aromatic rings. The van der Waals surface area contributed by atoms with Crippen LogP contribution in [-0.2, 0) is 4.79 Å². The van der Waals surface area contributed by atoms with Gasteiger partial charge in [0.1, 0.15) is 0 Å². The Morgan fingerprint density at radius 3 is 2.88 bits per heavy atom. The first kappa shape index (κ1) is 12.5. The molecule has 17 heavy (non-hydrogen) atoms. The molecule has 3 nitrogen and oxygen atoms in total. The molecule has 1 aliphatic rings. The second kappa shape index (κ2) is 5.56. The van der Waals surface area contributed by atoms with E-state index in [2.05, 4.69) is 5.32 Å². The molecule has 92 valence electrons. The standard InChI is InChI=1S/C13H18N2OS/c1-9(14)11-4-2-3-5-12(11)17-8-13(16)15-10-6-7-10/h2-5,9-10H,6-8,14H2,1H3,(H,15,16)/t9-/m0/s1. The van der Waals surface area contributed by atoms with Crippen molar-refractivity contribution in [3.8, 4) is 0 Å². The molecule has 1 aliphatic carbocycles. The van der Waals surface area contributed by atoms with Crippen LogP contribution < -0.4 is 11.1 Å². The highest BCUT2D eigenvalue weighted by atomic mass is 32.2. The summed E-state index contributed by atoms with van der Waals surface area (Å²) in [6.45, 7) is 1.96. The summed E-state index contributed by atoms with van der Waals surface area (Å²) in [5.41, 5.74) is 7.01. The number of hydrogen-bond donors (Lipinski definition) is 2. The fourth-order valence-electron chi connectivity index (χ4n) is 1.63. The van der Waals surface area contributed by atoms with E-state index in [-0.39, 0.29) is 11.9 Å². The molecule has 1 fully saturated rings. The van der Waals surface area contributed by atoms with Gasteiger partial charge in [-0.2, -0.15) is 0 Å². The average molecular weight is 250 g/mol. The Morgan fingerprint density at radius 1 is 1.53 bits per heavy atom. The minimum absolute atomic E-state index is 0.00481. The summed E-state index contributed by atoms with van der Waals surface area (Å²) in [6.07, 6.45) is 2.26. The summed E-state index contributed by atoms with van der Waals surface area (Å²) in [6, 6.07) is 8.44. The zero-order valence-electron chi connectivity index (χ0n) is 9.98. The van der Waals surface area contributed by atoms with Gasteiger partial charge in [-0.1, -0.05) is 18.2 Å². The van der Waals surface area contributed by atoms with Crippen LogP contribution in [0.15, 0.2) is 29.2 Å². The first-order valence-electron chi connectivity index (χ1n) is 5.93. The zero-order valence-corrected chi connectivity index (χ0v) is 10.8. The van der Waals surface area contributed by atoms with Crippen LogP contribution in [0.1, 0.15) is 31.4 Å². The first-order chi connectivity index (χ1) is 8.16. The lowest BCUT2D eigenvalue weighted by atomic mass is 10.1. The molecule has 0 aliphatic heterocycles. The van der Waals surface area contributed by atoms with Gasteiger partial charge in [-0.05, 0) is 31.4 Å². The molecule has 0 radical (unpaired) electrons. The van der Waals surface area contributed by atoms with E-state index < -0.39 is 0 Å². The van der Waals surface area contributed by atoms with Crippen molar-refractivity contribution in [2.45, 2.75) is 36.7 Å². The van der Waals surface area contributed by atoms with Crippen molar-refractivity contribution in [2.75, 3.05) is 5.75 Å². The van der Waals surface area contributed by atoms with Crippen molar-refractivity contribution in [2.24, 2.45) is 5.73 Å². The molecule has 1 amide bonds. The average Bonchev–Trinajstić information content (AvgIpc) is 3.10. The lowest BCUT2D eigenvalue weighted by Crippen LogP contribution is -2.27. The lowest BCUT2D eigenvalue weighted by Gasteiger charge is -2.11. The lowest BCUT2D eigenvalue weighted by molar-refractivity contribution is -0.118. The largest absolute Gasteiger partial charge is 0.353 e. The highest BCUT2D eigenvalue weighted by Gasteiger charge is 2.23. The number of nitrogens with two attached hydrogens (primary N) is 1. The molecule has 2 rings (SSSR count). The molecule has 1 aromatic carbocycles. The quantitative estimate of drug-likeness (QED) is 0.787. The van der Waals surface area contributed by atoms with Crippen LogP contribution in [0.4, 0.5) is 0 Å². The molecule has 3 N–H and O–H groups in total. The number of thioether (sulfide) groups is 1. The summed E-state index contributed by atoms with van der Waals surface area (Å²) in [5, 5.41) is 2.98. The van der Waals surface area contributed by atoms with Crippen molar-refractivity contribution >= 4 is 17.7 Å². The maximum Gasteiger partial charge on any atom is 0.230 e. The third-order valence-electron chi connectivity index (χ3n) is 2.71. The van der Waals surface area contributed by atoms with Gasteiger partial charge in [-0.15, -0.1) is 11.8 Å². The highest BCUT2D eigenvalue weighted by molar-refractivity contribution is 8.00. The van der Waals surface area contributed by atoms with E-state index in [1.165, 1.54) is 0 Å². The van der Waals surface area contributed by atoms with Crippen molar-refractivity contribution in [3.63, 3.8) is 0 Å². The predicted molar refractivity (Wildman–Crippen MR) is 70.9 cm³/mol. The molecule has 1 saturated carbocycles. The minimum Gasteiger partial charge on any atom is -0.353 e. The van der Waals surface area contributed by atoms with Crippen LogP contribution >= 0.6 is 11.8 Å². The van der Waals surface area contributed by atoms with Gasteiger partial charge in [-0.25, -0.2) is 0 Å². The highest BCUT2D eigenvalue weighted by Crippen LogP contribution is 2.26. The van der Waals surface area contributed by atoms with E-state index >= 15 is 0 Å². The van der Waals surface area contributed by atoms with E-state index in [9.17, 15) is 4.79 Å². The van der Waals surface area contributed by atoms with E-state index in [0.29, 0.717) is 11.8 Å². The van der Waals surface area contributed by atoms with Gasteiger partial charge in [-0.3, -0.25) is 4.79 Å². The topological polar surface area (TPSA) is 55.1 Å². The maximum atomic E-state index is 11.6. The number of hydrogen-bond acceptors (Lipinski definition) is 3. The maximum absolute atomic E-state index is 11.6. The first-order valence-corrected chi connectivity index (χ1v) is 6.92. The van der Waals surface area contributed by atoms with Gasteiger partial charge in [0.15, 0.2) is 0 Å². The van der Waals surface area contributed by atoms with Gasteiger partial charge in [0.25, 0.3) is 0 Å². The fourth-order valence-corrected chi connectivity index (χ4v) is 2.59. The molecule has 0 unspecified atom stereocenters. The molecular weight excluding hydrogens is 232 g/mol. The van der Waals surface area contributed by atoms with Gasteiger partial charge < -0.3 is 11.1 Å². The minimum atomic E-state index is 0.00481. The normalized spacial score (nSPS) is 16.6. The summed E-state index contributed by atoms with van der Waals surface area (Å²) in [4.78, 5) is 12.7. The van der Waals surface area contributed by atoms with E-state index in [1.54, 1.807) is 11.8 Å². The molecule has 0 bridgehead atoms. The Kier molecular flexibility index (Phi) is 4.07.